The maximum absolute atomic E-state index is 10.3. The Balaban J connectivity index is 2.80. The van der Waals surface area contributed by atoms with Gasteiger partial charge in [-0.3, -0.25) is 4.40 Å². The van der Waals surface area contributed by atoms with E-state index in [9.17, 15) is 4.79 Å². The maximum Gasteiger partial charge on any atom is 0.242 e. The van der Waals surface area contributed by atoms with E-state index in [2.05, 4.69) is 23.8 Å². The summed E-state index contributed by atoms with van der Waals surface area (Å²) in [5.41, 5.74) is 0.940. The highest BCUT2D eigenvalue weighted by Crippen LogP contribution is 2.21. The lowest BCUT2D eigenvalue weighted by Crippen LogP contribution is -1.97. The summed E-state index contributed by atoms with van der Waals surface area (Å²) in [5.74, 6) is 1.76. The minimum absolute atomic E-state index is 0.288. The first-order valence-corrected chi connectivity index (χ1v) is 4.78. The molecule has 0 bridgehead atoms. The minimum Gasteiger partial charge on any atom is -0.280 e. The molecule has 0 unspecified atom stereocenters. The third-order valence-corrected chi connectivity index (χ3v) is 2.23. The smallest absolute Gasteiger partial charge is 0.242 e. The van der Waals surface area contributed by atoms with Gasteiger partial charge < -0.3 is 0 Å². The third kappa shape index (κ3) is 1.55. The predicted molar refractivity (Wildman–Crippen MR) is 57.1 cm³/mol. The molecule has 2 rings (SSSR count). The Labute approximate surface area is 87.3 Å². The van der Waals surface area contributed by atoms with Crippen LogP contribution < -0.4 is 0 Å². The zero-order valence-electron chi connectivity index (χ0n) is 8.64. The molecule has 2 aromatic rings. The summed E-state index contributed by atoms with van der Waals surface area (Å²) >= 11 is 0. The van der Waals surface area contributed by atoms with Crippen LogP contribution >= 0.6 is 0 Å². The van der Waals surface area contributed by atoms with Gasteiger partial charge in [-0.1, -0.05) is 19.9 Å². The van der Waals surface area contributed by atoms with Gasteiger partial charge in [0, 0.05) is 5.92 Å². The molecular formula is C11H11N3O. The number of hydrogen-bond acceptors (Lipinski definition) is 3. The number of isocyanates is 1. The van der Waals surface area contributed by atoms with E-state index in [0.717, 1.165) is 11.3 Å². The van der Waals surface area contributed by atoms with Gasteiger partial charge in [-0.25, -0.2) is 9.78 Å². The van der Waals surface area contributed by atoms with Crippen molar-refractivity contribution in [2.24, 2.45) is 4.99 Å². The van der Waals surface area contributed by atoms with Gasteiger partial charge in [-0.05, 0) is 12.1 Å². The number of aliphatic imine (C=N–C) groups is 1. The highest BCUT2D eigenvalue weighted by atomic mass is 16.1. The molecule has 0 spiro atoms. The van der Waals surface area contributed by atoms with Gasteiger partial charge >= 0.3 is 0 Å². The van der Waals surface area contributed by atoms with Crippen LogP contribution in [0.4, 0.5) is 5.82 Å². The van der Waals surface area contributed by atoms with Crippen LogP contribution in [0.2, 0.25) is 0 Å². The van der Waals surface area contributed by atoms with Crippen molar-refractivity contribution in [3.63, 3.8) is 0 Å². The summed E-state index contributed by atoms with van der Waals surface area (Å²) in [7, 11) is 0. The molecule has 4 nitrogen and oxygen atoms in total. The van der Waals surface area contributed by atoms with Crippen LogP contribution in [0.3, 0.4) is 0 Å². The number of hydrogen-bond donors (Lipinski definition) is 0. The first-order chi connectivity index (χ1) is 7.24. The van der Waals surface area contributed by atoms with Crippen molar-refractivity contribution in [1.29, 1.82) is 0 Å². The van der Waals surface area contributed by atoms with Crippen LogP contribution in [0.15, 0.2) is 29.4 Å². The fourth-order valence-corrected chi connectivity index (χ4v) is 1.60. The van der Waals surface area contributed by atoms with Gasteiger partial charge in [0.2, 0.25) is 6.08 Å². The lowest BCUT2D eigenvalue weighted by atomic mass is 10.2. The summed E-state index contributed by atoms with van der Waals surface area (Å²) in [6.07, 6.45) is 3.34. The van der Waals surface area contributed by atoms with E-state index in [0.29, 0.717) is 5.82 Å². The van der Waals surface area contributed by atoms with Crippen molar-refractivity contribution >= 4 is 17.4 Å². The molecule has 15 heavy (non-hydrogen) atoms. The lowest BCUT2D eigenvalue weighted by Gasteiger charge is -2.05. The van der Waals surface area contributed by atoms with E-state index >= 15 is 0 Å². The Hall–Kier alpha value is -1.93. The number of pyridine rings is 1. The molecule has 2 aromatic heterocycles. The van der Waals surface area contributed by atoms with Gasteiger partial charge in [-0.2, -0.15) is 0 Å². The molecule has 4 heteroatoms. The van der Waals surface area contributed by atoms with E-state index in [1.54, 1.807) is 18.3 Å². The molecule has 0 saturated carbocycles. The molecule has 2 heterocycles. The third-order valence-electron chi connectivity index (χ3n) is 2.23. The van der Waals surface area contributed by atoms with Gasteiger partial charge in [-0.15, -0.1) is 4.99 Å². The molecule has 0 N–H and O–H groups in total. The van der Waals surface area contributed by atoms with Crippen LogP contribution in [0.5, 0.6) is 0 Å². The van der Waals surface area contributed by atoms with Crippen molar-refractivity contribution < 1.29 is 4.79 Å². The molecular weight excluding hydrogens is 190 g/mol. The Morgan fingerprint density at radius 3 is 2.93 bits per heavy atom. The SMILES string of the molecule is CC(C)c1ncc2cccc(N=C=O)n12. The van der Waals surface area contributed by atoms with Crippen molar-refractivity contribution in [1.82, 2.24) is 9.38 Å². The van der Waals surface area contributed by atoms with Crippen LogP contribution in [0, 0.1) is 0 Å². The number of nitrogens with zero attached hydrogens (tertiary/aromatic N) is 3. The topological polar surface area (TPSA) is 46.7 Å². The monoisotopic (exact) mass is 201 g/mol. The zero-order chi connectivity index (χ0) is 10.8. The molecule has 0 amide bonds. The average Bonchev–Trinajstić information content (AvgIpc) is 2.62. The fraction of sp³-hybridized carbons (Fsp3) is 0.273. The number of rotatable bonds is 2. The summed E-state index contributed by atoms with van der Waals surface area (Å²) in [6, 6.07) is 5.55. The largest absolute Gasteiger partial charge is 0.280 e. The van der Waals surface area contributed by atoms with E-state index < -0.39 is 0 Å². The van der Waals surface area contributed by atoms with Gasteiger partial charge in [0.05, 0.1) is 11.7 Å². The number of carbonyl (C=O) groups excluding carboxylic acids is 1. The number of imidazole rings is 1. The maximum atomic E-state index is 10.3. The first kappa shape index (κ1) is 9.62. The molecule has 0 aliphatic rings. The Bertz CT molecular complexity index is 536. The molecule has 0 saturated heterocycles. The minimum atomic E-state index is 0.288. The number of fused-ring (bicyclic) bond motifs is 1. The van der Waals surface area contributed by atoms with Crippen molar-refractivity contribution in [2.45, 2.75) is 19.8 Å². The second kappa shape index (κ2) is 3.67. The van der Waals surface area contributed by atoms with Gasteiger partial charge in [0.1, 0.15) is 5.82 Å². The Morgan fingerprint density at radius 2 is 2.27 bits per heavy atom. The van der Waals surface area contributed by atoms with Crippen LogP contribution in [-0.2, 0) is 4.79 Å². The molecule has 0 atom stereocenters. The first-order valence-electron chi connectivity index (χ1n) is 4.78. The lowest BCUT2D eigenvalue weighted by molar-refractivity contribution is 0.565. The molecule has 0 radical (unpaired) electrons. The standard InChI is InChI=1S/C11H11N3O/c1-8(2)11-12-6-9-4-3-5-10(13-7-15)14(9)11/h3-6,8H,1-2H3. The summed E-state index contributed by atoms with van der Waals surface area (Å²) in [4.78, 5) is 18.3. The van der Waals surface area contributed by atoms with Crippen LogP contribution in [0.25, 0.3) is 5.52 Å². The molecule has 0 aliphatic heterocycles. The van der Waals surface area contributed by atoms with Gasteiger partial charge in [0.25, 0.3) is 0 Å². The van der Waals surface area contributed by atoms with Crippen molar-refractivity contribution in [2.75, 3.05) is 0 Å². The fourth-order valence-electron chi connectivity index (χ4n) is 1.60. The van der Waals surface area contributed by atoms with Gasteiger partial charge in [0.15, 0.2) is 5.82 Å². The Morgan fingerprint density at radius 1 is 1.47 bits per heavy atom. The summed E-state index contributed by atoms with van der Waals surface area (Å²) < 4.78 is 1.87. The van der Waals surface area contributed by atoms with Crippen molar-refractivity contribution in [3.8, 4) is 0 Å². The normalized spacial score (nSPS) is 10.6. The van der Waals surface area contributed by atoms with Crippen LogP contribution in [-0.4, -0.2) is 15.5 Å². The van der Waals surface area contributed by atoms with E-state index in [1.165, 1.54) is 0 Å². The molecule has 0 aromatic carbocycles. The average molecular weight is 201 g/mol. The predicted octanol–water partition coefficient (Wildman–Crippen LogP) is 2.43. The molecule has 0 fully saturated rings. The molecule has 76 valence electrons. The van der Waals surface area contributed by atoms with E-state index in [4.69, 9.17) is 0 Å². The highest BCUT2D eigenvalue weighted by molar-refractivity contribution is 5.56. The van der Waals surface area contributed by atoms with E-state index in [1.807, 2.05) is 16.5 Å². The van der Waals surface area contributed by atoms with E-state index in [-0.39, 0.29) is 5.92 Å². The Kier molecular flexibility index (Phi) is 2.35. The molecule has 0 aliphatic carbocycles. The zero-order valence-corrected chi connectivity index (χ0v) is 8.64. The second-order valence-electron chi connectivity index (χ2n) is 3.62. The quantitative estimate of drug-likeness (QED) is 0.553. The summed E-state index contributed by atoms with van der Waals surface area (Å²) in [6.45, 7) is 4.10. The highest BCUT2D eigenvalue weighted by Gasteiger charge is 2.09. The summed E-state index contributed by atoms with van der Waals surface area (Å²) in [5, 5.41) is 0. The van der Waals surface area contributed by atoms with Crippen molar-refractivity contribution in [3.05, 3.63) is 30.2 Å². The number of aromatic nitrogens is 2. The van der Waals surface area contributed by atoms with Crippen LogP contribution in [0.1, 0.15) is 25.6 Å². The second-order valence-corrected chi connectivity index (χ2v) is 3.62.